The van der Waals surface area contributed by atoms with E-state index < -0.39 is 77.9 Å². The first-order valence-electron chi connectivity index (χ1n) is 12.7. The van der Waals surface area contributed by atoms with E-state index in [-0.39, 0.29) is 40.5 Å². The lowest BCUT2D eigenvalue weighted by Crippen LogP contribution is -2.33. The Hall–Kier alpha value is -3.56. The highest BCUT2D eigenvalue weighted by atomic mass is 31.2. The van der Waals surface area contributed by atoms with Gasteiger partial charge >= 0.3 is 16.1 Å². The summed E-state index contributed by atoms with van der Waals surface area (Å²) in [6, 6.07) is 0. The molecule has 8 N–H and O–H groups in total. The molecule has 2 aliphatic heterocycles. The zero-order chi connectivity index (χ0) is 31.3. The maximum absolute atomic E-state index is 15.6. The number of nitrogens with two attached hydrogens (primary N) is 2. The number of nitrogen functional groups attached to an aromatic ring is 2. The van der Waals surface area contributed by atoms with Crippen molar-refractivity contribution in [1.82, 2.24) is 39.0 Å². The van der Waals surface area contributed by atoms with Crippen LogP contribution in [0.3, 0.4) is 0 Å². The van der Waals surface area contributed by atoms with Crippen LogP contribution >= 0.6 is 16.1 Å². The first-order chi connectivity index (χ1) is 21.0. The second kappa shape index (κ2) is 11.7. The lowest BCUT2D eigenvalue weighted by Gasteiger charge is -2.23. The van der Waals surface area contributed by atoms with Crippen LogP contribution in [0.15, 0.2) is 23.8 Å². The average molecular weight is 661 g/mol. The Labute approximate surface area is 244 Å². The summed E-state index contributed by atoms with van der Waals surface area (Å²) in [5.41, 5.74) is 10.9. The standard InChI is InChI=1S/C20H23FN10O11P2/c21-10-13(41-43(34)35)9(40-19(10)30-5-26-11-14(22)24-4-25-15(11)30)3-38-44(36,37)42-8-1-7(2-32)39-18(8)31-6-27-12-16(31)28-20(23)29-17(12)33/h4-10,13,18-19,32H,1-3H2,(H6-,22,23,24,25,28,29,33,34,35,36,37)/p+1/t7-,8?,9+,10?,13-,18+,19+/m0/s1. The van der Waals surface area contributed by atoms with Crippen LogP contribution in [0.4, 0.5) is 16.2 Å². The molecular weight excluding hydrogens is 637 g/mol. The normalized spacial score (nSPS) is 29.0. The van der Waals surface area contributed by atoms with Gasteiger partial charge < -0.3 is 30.9 Å². The molecule has 24 heteroatoms. The summed E-state index contributed by atoms with van der Waals surface area (Å²) in [4.78, 5) is 54.3. The third-order valence-electron chi connectivity index (χ3n) is 6.88. The molecule has 0 saturated carbocycles. The molecule has 2 aliphatic rings. The zero-order valence-corrected chi connectivity index (χ0v) is 23.8. The molecule has 9 atom stereocenters. The van der Waals surface area contributed by atoms with E-state index in [0.29, 0.717) is 0 Å². The highest BCUT2D eigenvalue weighted by Gasteiger charge is 2.53. The molecule has 2 fully saturated rings. The zero-order valence-electron chi connectivity index (χ0n) is 22.1. The number of fused-ring (bicyclic) bond motifs is 2. The quantitative estimate of drug-likeness (QED) is 0.113. The molecule has 0 bridgehead atoms. The van der Waals surface area contributed by atoms with E-state index in [1.807, 2.05) is 0 Å². The molecule has 0 spiro atoms. The van der Waals surface area contributed by atoms with Gasteiger partial charge in [-0.1, -0.05) is 0 Å². The molecule has 0 aromatic carbocycles. The van der Waals surface area contributed by atoms with Crippen LogP contribution in [0, 0.1) is 0 Å². The number of H-pyrrole nitrogens is 1. The van der Waals surface area contributed by atoms with Gasteiger partial charge in [0.15, 0.2) is 47.4 Å². The van der Waals surface area contributed by atoms with Crippen molar-refractivity contribution in [3.05, 3.63) is 29.3 Å². The number of hydrogen-bond donors (Lipinski definition) is 6. The first kappa shape index (κ1) is 30.5. The molecular formula is C20H24FN10O11P2+. The monoisotopic (exact) mass is 661 g/mol. The molecule has 4 aromatic heterocycles. The Morgan fingerprint density at radius 2 is 1.86 bits per heavy atom. The fraction of sp³-hybridized carbons (Fsp3) is 0.500. The van der Waals surface area contributed by atoms with E-state index in [1.165, 1.54) is 17.2 Å². The van der Waals surface area contributed by atoms with Gasteiger partial charge in [-0.25, -0.2) is 28.9 Å². The number of aromatic nitrogens is 8. The molecule has 4 aromatic rings. The molecule has 4 unspecified atom stereocenters. The maximum atomic E-state index is 15.6. The molecule has 0 amide bonds. The fourth-order valence-corrected chi connectivity index (χ4v) is 6.40. The number of aromatic amines is 1. The van der Waals surface area contributed by atoms with Crippen LogP contribution < -0.4 is 17.0 Å². The number of nitrogens with one attached hydrogen (secondary N) is 1. The van der Waals surface area contributed by atoms with Crippen molar-refractivity contribution in [3.63, 3.8) is 0 Å². The summed E-state index contributed by atoms with van der Waals surface area (Å²) >= 11 is 0. The summed E-state index contributed by atoms with van der Waals surface area (Å²) < 4.78 is 69.2. The second-order valence-corrected chi connectivity index (χ2v) is 11.7. The number of anilines is 2. The average Bonchev–Trinajstić information content (AvgIpc) is 3.73. The van der Waals surface area contributed by atoms with Gasteiger partial charge in [0.1, 0.15) is 24.1 Å². The van der Waals surface area contributed by atoms with Crippen LogP contribution in [-0.2, 0) is 32.2 Å². The SMILES string of the molecule is Nc1nc2c(ncn2[C@@H]2O[C@H](CO)CC2OP(=O)(O)OC[C@H]2O[C@@H](n3cnc4c(N)ncnc43)C(F)[C@H]2O[P+](=O)O)c(=O)[nH]1. The summed E-state index contributed by atoms with van der Waals surface area (Å²) in [6.07, 6.45) is -6.81. The molecule has 0 radical (unpaired) electrons. The number of halogens is 1. The summed E-state index contributed by atoms with van der Waals surface area (Å²) in [5.74, 6) is -0.212. The summed E-state index contributed by atoms with van der Waals surface area (Å²) in [6.45, 7) is -1.33. The van der Waals surface area contributed by atoms with Gasteiger partial charge in [0.2, 0.25) is 5.95 Å². The van der Waals surface area contributed by atoms with Crippen LogP contribution in [0.5, 0.6) is 0 Å². The van der Waals surface area contributed by atoms with E-state index in [9.17, 15) is 28.8 Å². The third kappa shape index (κ3) is 5.68. The van der Waals surface area contributed by atoms with E-state index >= 15 is 4.39 Å². The maximum Gasteiger partial charge on any atom is 0.695 e. The van der Waals surface area contributed by atoms with Gasteiger partial charge in [0, 0.05) is 11.0 Å². The number of aliphatic hydroxyl groups is 1. The van der Waals surface area contributed by atoms with Crippen LogP contribution in [0.2, 0.25) is 0 Å². The van der Waals surface area contributed by atoms with Crippen molar-refractivity contribution < 1.29 is 51.5 Å². The lowest BCUT2D eigenvalue weighted by molar-refractivity contribution is -0.0589. The highest BCUT2D eigenvalue weighted by Crippen LogP contribution is 2.50. The molecule has 6 heterocycles. The number of nitrogens with zero attached hydrogens (tertiary/aromatic N) is 7. The van der Waals surface area contributed by atoms with Crippen molar-refractivity contribution >= 4 is 50.2 Å². The van der Waals surface area contributed by atoms with Crippen molar-refractivity contribution in [2.75, 3.05) is 24.7 Å². The van der Waals surface area contributed by atoms with Crippen molar-refractivity contribution in [1.29, 1.82) is 0 Å². The molecule has 6 rings (SSSR count). The van der Waals surface area contributed by atoms with Gasteiger partial charge in [-0.15, -0.1) is 9.42 Å². The summed E-state index contributed by atoms with van der Waals surface area (Å²) in [5, 5.41) is 9.67. The van der Waals surface area contributed by atoms with Gasteiger partial charge in [0.25, 0.3) is 5.56 Å². The van der Waals surface area contributed by atoms with Gasteiger partial charge in [-0.05, 0) is 0 Å². The number of alkyl halides is 1. The number of phosphoric ester groups is 1. The Bertz CT molecular complexity index is 1820. The Morgan fingerprint density at radius 1 is 1.14 bits per heavy atom. The smallest absolute Gasteiger partial charge is 0.394 e. The number of hydrogen-bond acceptors (Lipinski definition) is 16. The third-order valence-corrected chi connectivity index (χ3v) is 8.32. The number of rotatable bonds is 10. The minimum absolute atomic E-state index is 0.0130. The van der Waals surface area contributed by atoms with Gasteiger partial charge in [-0.2, -0.15) is 4.98 Å². The highest BCUT2D eigenvalue weighted by molar-refractivity contribution is 7.47. The Balaban J connectivity index is 1.20. The van der Waals surface area contributed by atoms with Crippen molar-refractivity contribution in [2.24, 2.45) is 0 Å². The topological polar surface area (TPSA) is 300 Å². The minimum Gasteiger partial charge on any atom is -0.394 e. The molecule has 44 heavy (non-hydrogen) atoms. The van der Waals surface area contributed by atoms with Crippen LogP contribution in [0.1, 0.15) is 18.9 Å². The number of ether oxygens (including phenoxy) is 2. The second-order valence-electron chi connectivity index (χ2n) is 9.65. The molecule has 236 valence electrons. The van der Waals surface area contributed by atoms with E-state index in [4.69, 9.17) is 34.5 Å². The van der Waals surface area contributed by atoms with E-state index in [0.717, 1.165) is 10.9 Å². The lowest BCUT2D eigenvalue weighted by atomic mass is 10.1. The van der Waals surface area contributed by atoms with Crippen molar-refractivity contribution in [2.45, 2.75) is 49.5 Å². The van der Waals surface area contributed by atoms with E-state index in [2.05, 4.69) is 29.9 Å². The predicted molar refractivity (Wildman–Crippen MR) is 142 cm³/mol. The fourth-order valence-electron chi connectivity index (χ4n) is 5.01. The number of phosphoric acid groups is 1. The predicted octanol–water partition coefficient (Wildman–Crippen LogP) is -0.824. The molecule has 21 nitrogen and oxygen atoms in total. The number of imidazole rings is 2. The first-order valence-corrected chi connectivity index (χ1v) is 15.3. The molecule has 2 saturated heterocycles. The molecule has 0 aliphatic carbocycles. The van der Waals surface area contributed by atoms with Crippen LogP contribution in [0.25, 0.3) is 22.3 Å². The Kier molecular flexibility index (Phi) is 8.13. The Morgan fingerprint density at radius 3 is 2.59 bits per heavy atom. The number of aliphatic hydroxyl groups excluding tert-OH is 1. The largest absolute Gasteiger partial charge is 0.695 e. The van der Waals surface area contributed by atoms with Gasteiger partial charge in [0.05, 0.1) is 32.0 Å². The van der Waals surface area contributed by atoms with Crippen LogP contribution in [-0.4, -0.2) is 97.7 Å². The summed E-state index contributed by atoms with van der Waals surface area (Å²) in [7, 11) is -8.35. The van der Waals surface area contributed by atoms with E-state index in [1.54, 1.807) is 0 Å². The van der Waals surface area contributed by atoms with Crippen molar-refractivity contribution in [3.8, 4) is 0 Å². The minimum atomic E-state index is -5.01. The van der Waals surface area contributed by atoms with Gasteiger partial charge in [-0.3, -0.25) is 28.0 Å².